The number of nitrogens with zero attached hydrogens (tertiary/aromatic N) is 2. The molecule has 2 aromatic rings. The average Bonchev–Trinajstić information content (AvgIpc) is 3.44. The first-order chi connectivity index (χ1) is 17.0. The normalized spacial score (nSPS) is 18.7. The second-order valence-electron chi connectivity index (χ2n) is 10.3. The van der Waals surface area contributed by atoms with E-state index in [0.29, 0.717) is 6.42 Å². The Labute approximate surface area is 215 Å². The molecule has 9 nitrogen and oxygen atoms in total. The number of aryl methyl sites for hydroxylation is 1. The topological polar surface area (TPSA) is 132 Å². The summed E-state index contributed by atoms with van der Waals surface area (Å²) < 4.78 is 0. The number of thiazole rings is 1. The lowest BCUT2D eigenvalue weighted by molar-refractivity contribution is -0.144. The predicted octanol–water partition coefficient (Wildman–Crippen LogP) is 2.00. The average molecular weight is 517 g/mol. The number of rotatable bonds is 9. The quantitative estimate of drug-likeness (QED) is 0.403. The van der Waals surface area contributed by atoms with Crippen molar-refractivity contribution in [3.05, 3.63) is 41.0 Å². The minimum Gasteiger partial charge on any atom is -0.396 e. The summed E-state index contributed by atoms with van der Waals surface area (Å²) in [6, 6.07) is 6.17. The van der Waals surface area contributed by atoms with Gasteiger partial charge in [0, 0.05) is 32.5 Å². The van der Waals surface area contributed by atoms with Crippen LogP contribution in [0.3, 0.4) is 0 Å². The van der Waals surface area contributed by atoms with Crippen LogP contribution in [0.5, 0.6) is 0 Å². The van der Waals surface area contributed by atoms with Crippen molar-refractivity contribution in [2.75, 3.05) is 13.2 Å². The number of hydrogen-bond acceptors (Lipinski definition) is 7. The van der Waals surface area contributed by atoms with Crippen molar-refractivity contribution in [3.63, 3.8) is 0 Å². The van der Waals surface area contributed by atoms with E-state index >= 15 is 0 Å². The molecule has 1 fully saturated rings. The van der Waals surface area contributed by atoms with Gasteiger partial charge in [0.2, 0.25) is 17.7 Å². The molecule has 1 aliphatic heterocycles. The molecule has 0 radical (unpaired) electrons. The summed E-state index contributed by atoms with van der Waals surface area (Å²) >= 11 is 1.58. The molecule has 0 bridgehead atoms. The van der Waals surface area contributed by atoms with Gasteiger partial charge in [-0.05, 0) is 29.9 Å². The first-order valence-electron chi connectivity index (χ1n) is 12.2. The predicted molar refractivity (Wildman–Crippen MR) is 138 cm³/mol. The van der Waals surface area contributed by atoms with Crippen LogP contribution >= 0.6 is 11.3 Å². The van der Waals surface area contributed by atoms with Gasteiger partial charge in [-0.3, -0.25) is 14.4 Å². The number of likely N-dealkylation sites (tertiary alicyclic amines) is 1. The summed E-state index contributed by atoms with van der Waals surface area (Å²) in [5, 5.41) is 24.9. The Balaban J connectivity index is 1.66. The number of amides is 3. The number of benzene rings is 1. The summed E-state index contributed by atoms with van der Waals surface area (Å²) in [4.78, 5) is 45.6. The van der Waals surface area contributed by atoms with Crippen LogP contribution in [-0.4, -0.2) is 69.2 Å². The van der Waals surface area contributed by atoms with Crippen LogP contribution in [-0.2, 0) is 20.9 Å². The molecule has 196 valence electrons. The number of nitrogens with one attached hydrogen (secondary N) is 2. The van der Waals surface area contributed by atoms with E-state index in [1.807, 2.05) is 57.5 Å². The molecule has 0 aliphatic carbocycles. The Morgan fingerprint density at radius 3 is 2.50 bits per heavy atom. The summed E-state index contributed by atoms with van der Waals surface area (Å²) in [5.74, 6) is -1.09. The maximum Gasteiger partial charge on any atom is 0.246 e. The van der Waals surface area contributed by atoms with Gasteiger partial charge < -0.3 is 25.7 Å². The molecule has 2 heterocycles. The number of carbonyl (C=O) groups is 3. The van der Waals surface area contributed by atoms with Gasteiger partial charge in [0.25, 0.3) is 0 Å². The van der Waals surface area contributed by atoms with Crippen molar-refractivity contribution in [2.45, 2.75) is 71.7 Å². The number of hydrogen-bond donors (Lipinski definition) is 4. The minimum atomic E-state index is -0.868. The standard InChI is InChI=1S/C26H36N4O5S/c1-16-22(36-15-28-16)18-9-7-17(8-10-18)13-27-24(34)20-12-19(32)14-30(20)25(35)23(26(2,3)4)29-21(33)6-5-11-31/h7-10,15,19-20,23,31-32H,5-6,11-14H2,1-4H3,(H,27,34)(H,29,33). The van der Waals surface area contributed by atoms with Crippen molar-refractivity contribution >= 4 is 29.1 Å². The zero-order valence-electron chi connectivity index (χ0n) is 21.3. The molecular weight excluding hydrogens is 480 g/mol. The number of carbonyl (C=O) groups excluding carboxylic acids is 3. The molecule has 1 aromatic heterocycles. The van der Waals surface area contributed by atoms with Crippen molar-refractivity contribution in [3.8, 4) is 10.4 Å². The lowest BCUT2D eigenvalue weighted by Crippen LogP contribution is -2.57. The lowest BCUT2D eigenvalue weighted by Gasteiger charge is -2.35. The molecule has 4 N–H and O–H groups in total. The van der Waals surface area contributed by atoms with E-state index in [1.54, 1.807) is 11.3 Å². The summed E-state index contributed by atoms with van der Waals surface area (Å²) in [6.07, 6.45) is -0.284. The SMILES string of the molecule is Cc1ncsc1-c1ccc(CNC(=O)C2CC(O)CN2C(=O)C(NC(=O)CCCO)C(C)(C)C)cc1. The first kappa shape index (κ1) is 27.8. The van der Waals surface area contributed by atoms with Crippen LogP contribution in [0.4, 0.5) is 0 Å². The number of aromatic nitrogens is 1. The summed E-state index contributed by atoms with van der Waals surface area (Å²) in [6.45, 7) is 7.67. The Bertz CT molecular complexity index is 1060. The highest BCUT2D eigenvalue weighted by Gasteiger charge is 2.44. The molecule has 1 aromatic carbocycles. The molecule has 3 atom stereocenters. The van der Waals surface area contributed by atoms with Gasteiger partial charge in [-0.25, -0.2) is 4.98 Å². The fraction of sp³-hybridized carbons (Fsp3) is 0.538. The Kier molecular flexibility index (Phi) is 9.21. The Morgan fingerprint density at radius 2 is 1.92 bits per heavy atom. The highest BCUT2D eigenvalue weighted by molar-refractivity contribution is 7.13. The molecule has 10 heteroatoms. The van der Waals surface area contributed by atoms with E-state index in [-0.39, 0.29) is 44.4 Å². The van der Waals surface area contributed by atoms with Crippen molar-refractivity contribution in [1.29, 1.82) is 0 Å². The minimum absolute atomic E-state index is 0.0267. The van der Waals surface area contributed by atoms with Crippen molar-refractivity contribution in [2.24, 2.45) is 5.41 Å². The number of aliphatic hydroxyl groups is 2. The monoisotopic (exact) mass is 516 g/mol. The number of aliphatic hydroxyl groups excluding tert-OH is 2. The third-order valence-electron chi connectivity index (χ3n) is 6.27. The highest BCUT2D eigenvalue weighted by atomic mass is 32.1. The van der Waals surface area contributed by atoms with Crippen LogP contribution in [0.15, 0.2) is 29.8 Å². The molecule has 1 aliphatic rings. The van der Waals surface area contributed by atoms with Crippen molar-refractivity contribution in [1.82, 2.24) is 20.5 Å². The van der Waals surface area contributed by atoms with E-state index in [1.165, 1.54) is 4.90 Å². The van der Waals surface area contributed by atoms with Gasteiger partial charge in [-0.15, -0.1) is 11.3 Å². The zero-order chi connectivity index (χ0) is 26.5. The highest BCUT2D eigenvalue weighted by Crippen LogP contribution is 2.28. The van der Waals surface area contributed by atoms with Crippen LogP contribution in [0.2, 0.25) is 0 Å². The van der Waals surface area contributed by atoms with Gasteiger partial charge in [-0.1, -0.05) is 45.0 Å². The summed E-state index contributed by atoms with van der Waals surface area (Å²) in [7, 11) is 0. The van der Waals surface area contributed by atoms with Gasteiger partial charge in [0.05, 0.1) is 22.2 Å². The Hall–Kier alpha value is -2.82. The van der Waals surface area contributed by atoms with Gasteiger partial charge in [0.1, 0.15) is 12.1 Å². The van der Waals surface area contributed by atoms with Crippen LogP contribution in [0.1, 0.15) is 51.3 Å². The number of β-amino-alcohol motifs (C(OH)–C–C–N with tert-alkyl or cyclic N) is 1. The van der Waals surface area contributed by atoms with Gasteiger partial charge in [-0.2, -0.15) is 0 Å². The molecular formula is C26H36N4O5S. The van der Waals surface area contributed by atoms with Gasteiger partial charge in [0.15, 0.2) is 0 Å². The van der Waals surface area contributed by atoms with E-state index in [2.05, 4.69) is 15.6 Å². The molecule has 3 unspecified atom stereocenters. The first-order valence-corrected chi connectivity index (χ1v) is 13.0. The lowest BCUT2D eigenvalue weighted by atomic mass is 9.85. The molecule has 1 saturated heterocycles. The fourth-order valence-corrected chi connectivity index (χ4v) is 5.06. The maximum absolute atomic E-state index is 13.5. The van der Waals surface area contributed by atoms with Crippen LogP contribution in [0.25, 0.3) is 10.4 Å². The van der Waals surface area contributed by atoms with E-state index in [4.69, 9.17) is 5.11 Å². The maximum atomic E-state index is 13.5. The van der Waals surface area contributed by atoms with E-state index < -0.39 is 29.5 Å². The van der Waals surface area contributed by atoms with Crippen LogP contribution < -0.4 is 10.6 Å². The summed E-state index contributed by atoms with van der Waals surface area (Å²) in [5.41, 5.74) is 4.15. The fourth-order valence-electron chi connectivity index (χ4n) is 4.25. The third-order valence-corrected chi connectivity index (χ3v) is 7.25. The second-order valence-corrected chi connectivity index (χ2v) is 11.1. The Morgan fingerprint density at radius 1 is 1.22 bits per heavy atom. The van der Waals surface area contributed by atoms with E-state index in [9.17, 15) is 19.5 Å². The molecule has 36 heavy (non-hydrogen) atoms. The molecule has 3 amide bonds. The van der Waals surface area contributed by atoms with Crippen LogP contribution in [0, 0.1) is 12.3 Å². The van der Waals surface area contributed by atoms with Gasteiger partial charge >= 0.3 is 0 Å². The smallest absolute Gasteiger partial charge is 0.246 e. The molecule has 0 spiro atoms. The third kappa shape index (κ3) is 6.89. The zero-order valence-corrected chi connectivity index (χ0v) is 22.1. The van der Waals surface area contributed by atoms with Crippen molar-refractivity contribution < 1.29 is 24.6 Å². The second kappa shape index (κ2) is 11.9. The van der Waals surface area contributed by atoms with E-state index in [0.717, 1.165) is 21.7 Å². The molecule has 3 rings (SSSR count). The molecule has 0 saturated carbocycles. The largest absolute Gasteiger partial charge is 0.396 e.